The van der Waals surface area contributed by atoms with Crippen molar-refractivity contribution in [2.45, 2.75) is 32.9 Å². The Balaban J connectivity index is 2.66. The Kier molecular flexibility index (Phi) is 5.65. The molecule has 110 valence electrons. The topological polar surface area (TPSA) is 88.8 Å². The van der Waals surface area contributed by atoms with Gasteiger partial charge in [-0.05, 0) is 38.5 Å². The van der Waals surface area contributed by atoms with Crippen LogP contribution in [0.25, 0.3) is 0 Å². The normalized spacial score (nSPS) is 13.4. The van der Waals surface area contributed by atoms with Crippen molar-refractivity contribution < 1.29 is 0 Å². The van der Waals surface area contributed by atoms with E-state index >= 15 is 0 Å². The summed E-state index contributed by atoms with van der Waals surface area (Å²) < 4.78 is 0. The zero-order valence-electron chi connectivity index (χ0n) is 11.7. The van der Waals surface area contributed by atoms with Crippen molar-refractivity contribution in [1.82, 2.24) is 5.32 Å². The molecule has 0 aliphatic heterocycles. The minimum Gasteiger partial charge on any atom is -0.370 e. The van der Waals surface area contributed by atoms with Gasteiger partial charge in [0.05, 0.1) is 22.1 Å². The quantitative estimate of drug-likeness (QED) is 0.578. The molecule has 1 rings (SSSR count). The second-order valence-corrected chi connectivity index (χ2v) is 6.06. The highest BCUT2D eigenvalue weighted by atomic mass is 35.5. The standard InChI is InChI=1S/C13H19Cl2N5/c1-13(2,3)20-12(17)19-11(16)18-7-8-4-5-9(14)10(15)6-8/h4-6H,7H2,1-3H3,(H5,16,17,18,19,20). The molecular weight excluding hydrogens is 297 g/mol. The van der Waals surface area contributed by atoms with Crippen molar-refractivity contribution >= 4 is 35.1 Å². The average molecular weight is 316 g/mol. The number of hydrogen-bond donors (Lipinski definition) is 3. The molecule has 0 spiro atoms. The maximum atomic E-state index is 5.92. The Bertz CT molecular complexity index is 532. The molecule has 5 nitrogen and oxygen atoms in total. The largest absolute Gasteiger partial charge is 0.370 e. The molecule has 0 atom stereocenters. The predicted molar refractivity (Wildman–Crippen MR) is 86.3 cm³/mol. The van der Waals surface area contributed by atoms with Crippen LogP contribution in [0.3, 0.4) is 0 Å². The molecule has 0 heterocycles. The van der Waals surface area contributed by atoms with Crippen LogP contribution in [0.2, 0.25) is 10.0 Å². The Morgan fingerprint density at radius 1 is 1.15 bits per heavy atom. The van der Waals surface area contributed by atoms with Gasteiger partial charge in [0.25, 0.3) is 0 Å². The van der Waals surface area contributed by atoms with Crippen LogP contribution >= 0.6 is 23.2 Å². The van der Waals surface area contributed by atoms with Gasteiger partial charge in [0.1, 0.15) is 0 Å². The molecule has 0 aromatic heterocycles. The van der Waals surface area contributed by atoms with Crippen LogP contribution in [0.4, 0.5) is 0 Å². The molecule has 5 N–H and O–H groups in total. The molecule has 0 saturated heterocycles. The van der Waals surface area contributed by atoms with Gasteiger partial charge >= 0.3 is 0 Å². The van der Waals surface area contributed by atoms with Crippen LogP contribution in [0.5, 0.6) is 0 Å². The van der Waals surface area contributed by atoms with Crippen molar-refractivity contribution in [3.05, 3.63) is 33.8 Å². The minimum absolute atomic E-state index is 0.196. The maximum Gasteiger partial charge on any atom is 0.195 e. The van der Waals surface area contributed by atoms with Gasteiger partial charge in [0, 0.05) is 0 Å². The molecule has 1 aromatic carbocycles. The van der Waals surface area contributed by atoms with Crippen molar-refractivity contribution in [1.29, 1.82) is 0 Å². The molecule has 0 unspecified atom stereocenters. The van der Waals surface area contributed by atoms with Crippen molar-refractivity contribution in [2.75, 3.05) is 0 Å². The van der Waals surface area contributed by atoms with E-state index in [1.54, 1.807) is 12.1 Å². The highest BCUT2D eigenvalue weighted by molar-refractivity contribution is 6.42. The fraction of sp³-hybridized carbons (Fsp3) is 0.385. The Morgan fingerprint density at radius 2 is 1.80 bits per heavy atom. The molecule has 7 heteroatoms. The van der Waals surface area contributed by atoms with Gasteiger partial charge in [-0.15, -0.1) is 0 Å². The molecule has 0 aliphatic rings. The lowest BCUT2D eigenvalue weighted by Crippen LogP contribution is -2.42. The first-order valence-electron chi connectivity index (χ1n) is 6.03. The van der Waals surface area contributed by atoms with E-state index in [1.165, 1.54) is 0 Å². The van der Waals surface area contributed by atoms with E-state index in [4.69, 9.17) is 34.7 Å². The summed E-state index contributed by atoms with van der Waals surface area (Å²) in [7, 11) is 0. The summed E-state index contributed by atoms with van der Waals surface area (Å²) in [5.41, 5.74) is 12.1. The smallest absolute Gasteiger partial charge is 0.195 e. The van der Waals surface area contributed by atoms with Crippen LogP contribution in [0, 0.1) is 0 Å². The molecule has 0 amide bonds. The number of benzene rings is 1. The highest BCUT2D eigenvalue weighted by Gasteiger charge is 2.08. The highest BCUT2D eigenvalue weighted by Crippen LogP contribution is 2.22. The number of nitrogens with two attached hydrogens (primary N) is 2. The van der Waals surface area contributed by atoms with E-state index in [2.05, 4.69) is 15.3 Å². The number of nitrogens with one attached hydrogen (secondary N) is 1. The number of hydrogen-bond acceptors (Lipinski definition) is 2. The summed E-state index contributed by atoms with van der Waals surface area (Å²) in [6.45, 7) is 6.18. The fourth-order valence-corrected chi connectivity index (χ4v) is 1.70. The Hall–Kier alpha value is -1.46. The van der Waals surface area contributed by atoms with Gasteiger partial charge in [-0.2, -0.15) is 0 Å². The predicted octanol–water partition coefficient (Wildman–Crippen LogP) is 2.51. The van der Waals surface area contributed by atoms with Gasteiger partial charge in [-0.25, -0.2) is 9.98 Å². The van der Waals surface area contributed by atoms with E-state index in [0.29, 0.717) is 16.6 Å². The lowest BCUT2D eigenvalue weighted by Gasteiger charge is -2.14. The fourth-order valence-electron chi connectivity index (χ4n) is 1.37. The number of guanidine groups is 2. The molecule has 20 heavy (non-hydrogen) atoms. The lowest BCUT2D eigenvalue weighted by molar-refractivity contribution is 0.581. The summed E-state index contributed by atoms with van der Waals surface area (Å²) >= 11 is 11.8. The van der Waals surface area contributed by atoms with E-state index < -0.39 is 0 Å². The Labute approximate surface area is 129 Å². The third kappa shape index (κ3) is 6.12. The second-order valence-electron chi connectivity index (χ2n) is 5.24. The zero-order valence-corrected chi connectivity index (χ0v) is 13.3. The van der Waals surface area contributed by atoms with Crippen LogP contribution in [-0.2, 0) is 6.54 Å². The van der Waals surface area contributed by atoms with Gasteiger partial charge in [-0.3, -0.25) is 5.32 Å². The summed E-state index contributed by atoms with van der Waals surface area (Å²) in [6.07, 6.45) is 0. The molecule has 0 saturated carbocycles. The zero-order chi connectivity index (χ0) is 15.3. The Morgan fingerprint density at radius 3 is 2.35 bits per heavy atom. The third-order valence-corrected chi connectivity index (χ3v) is 2.87. The first kappa shape index (κ1) is 16.6. The summed E-state index contributed by atoms with van der Waals surface area (Å²) in [5.74, 6) is 0.425. The first-order valence-corrected chi connectivity index (χ1v) is 6.79. The molecule has 0 radical (unpaired) electrons. The van der Waals surface area contributed by atoms with Gasteiger partial charge in [0.2, 0.25) is 0 Å². The minimum atomic E-state index is -0.277. The summed E-state index contributed by atoms with van der Waals surface area (Å²) in [5, 5.41) is 3.72. The molecule has 0 aliphatic carbocycles. The monoisotopic (exact) mass is 315 g/mol. The van der Waals surface area contributed by atoms with Gasteiger partial charge in [-0.1, -0.05) is 29.3 Å². The third-order valence-electron chi connectivity index (χ3n) is 2.13. The van der Waals surface area contributed by atoms with Crippen LogP contribution < -0.4 is 16.8 Å². The lowest BCUT2D eigenvalue weighted by atomic mass is 10.1. The van der Waals surface area contributed by atoms with E-state index in [9.17, 15) is 0 Å². The summed E-state index contributed by atoms with van der Waals surface area (Å²) in [6, 6.07) is 5.29. The number of nitrogens with zero attached hydrogens (tertiary/aromatic N) is 2. The van der Waals surface area contributed by atoms with Crippen LogP contribution in [0.1, 0.15) is 26.3 Å². The first-order chi connectivity index (χ1) is 9.17. The van der Waals surface area contributed by atoms with E-state index in [0.717, 1.165) is 5.56 Å². The number of rotatable bonds is 2. The summed E-state index contributed by atoms with van der Waals surface area (Å²) in [4.78, 5) is 8.37. The van der Waals surface area contributed by atoms with Crippen molar-refractivity contribution in [2.24, 2.45) is 21.5 Å². The second kappa shape index (κ2) is 6.81. The van der Waals surface area contributed by atoms with Gasteiger partial charge in [0.15, 0.2) is 11.9 Å². The SMILES string of the molecule is CC(C)(C)N=C(N)NC(N)=NCc1ccc(Cl)c(Cl)c1. The maximum absolute atomic E-state index is 5.92. The number of halogens is 2. The molecule has 0 fully saturated rings. The van der Waals surface area contributed by atoms with Crippen LogP contribution in [-0.4, -0.2) is 17.5 Å². The van der Waals surface area contributed by atoms with E-state index in [1.807, 2.05) is 26.8 Å². The molecular formula is C13H19Cl2N5. The average Bonchev–Trinajstić information content (AvgIpc) is 2.28. The van der Waals surface area contributed by atoms with E-state index in [-0.39, 0.29) is 17.5 Å². The molecule has 1 aromatic rings. The van der Waals surface area contributed by atoms with Crippen LogP contribution in [0.15, 0.2) is 28.2 Å². The van der Waals surface area contributed by atoms with Crippen molar-refractivity contribution in [3.63, 3.8) is 0 Å². The number of aliphatic imine (C=N–C) groups is 2. The van der Waals surface area contributed by atoms with Gasteiger partial charge < -0.3 is 11.5 Å². The molecule has 0 bridgehead atoms. The van der Waals surface area contributed by atoms with Crippen molar-refractivity contribution in [3.8, 4) is 0 Å².